The van der Waals surface area contributed by atoms with Crippen molar-refractivity contribution in [1.82, 2.24) is 5.32 Å². The first-order valence-electron chi connectivity index (χ1n) is 5.25. The normalized spacial score (nSPS) is 11.9. The van der Waals surface area contributed by atoms with Crippen molar-refractivity contribution in [3.05, 3.63) is 33.8 Å². The van der Waals surface area contributed by atoms with Crippen molar-refractivity contribution in [3.8, 4) is 0 Å². The van der Waals surface area contributed by atoms with Crippen LogP contribution in [0.4, 0.5) is 0 Å². The largest absolute Gasteiger partial charge is 0.479 e. The zero-order valence-electron chi connectivity index (χ0n) is 10.1. The van der Waals surface area contributed by atoms with E-state index >= 15 is 0 Å². The number of nitrogens with one attached hydrogen (secondary N) is 1. The van der Waals surface area contributed by atoms with E-state index in [1.54, 1.807) is 18.2 Å². The highest BCUT2D eigenvalue weighted by molar-refractivity contribution is 9.10. The summed E-state index contributed by atoms with van der Waals surface area (Å²) in [6.07, 6.45) is -1.04. The lowest BCUT2D eigenvalue weighted by Crippen LogP contribution is -2.37. The standard InChI is InChI=1S/C12H14BrNO4/c1-7-5-8(3-4-9(7)13)11(15)14-6-10(18-2)12(16)17/h3-5,10H,6H2,1-2H3,(H,14,15)(H,16,17). The molecule has 98 valence electrons. The number of amides is 1. The van der Waals surface area contributed by atoms with E-state index in [0.717, 1.165) is 10.0 Å². The third-order valence-electron chi connectivity index (χ3n) is 2.43. The van der Waals surface area contributed by atoms with Crippen molar-refractivity contribution in [1.29, 1.82) is 0 Å². The summed E-state index contributed by atoms with van der Waals surface area (Å²) in [6.45, 7) is 1.80. The fraction of sp³-hybridized carbons (Fsp3) is 0.333. The highest BCUT2D eigenvalue weighted by Crippen LogP contribution is 2.16. The van der Waals surface area contributed by atoms with Crippen LogP contribution in [0.5, 0.6) is 0 Å². The highest BCUT2D eigenvalue weighted by Gasteiger charge is 2.17. The molecule has 6 heteroatoms. The van der Waals surface area contributed by atoms with E-state index < -0.39 is 12.1 Å². The van der Waals surface area contributed by atoms with E-state index in [2.05, 4.69) is 21.2 Å². The van der Waals surface area contributed by atoms with Crippen LogP contribution in [-0.4, -0.2) is 36.7 Å². The van der Waals surface area contributed by atoms with Crippen molar-refractivity contribution in [2.75, 3.05) is 13.7 Å². The average molecular weight is 316 g/mol. The Labute approximate surface area is 113 Å². The Morgan fingerprint density at radius 1 is 1.50 bits per heavy atom. The second-order valence-electron chi connectivity index (χ2n) is 3.74. The first-order valence-corrected chi connectivity index (χ1v) is 6.05. The molecule has 0 aliphatic carbocycles. The summed E-state index contributed by atoms with van der Waals surface area (Å²) in [5.41, 5.74) is 1.42. The maximum Gasteiger partial charge on any atom is 0.334 e. The predicted octanol–water partition coefficient (Wildman–Crippen LogP) is 1.59. The molecule has 0 heterocycles. The summed E-state index contributed by atoms with van der Waals surface area (Å²) >= 11 is 3.34. The number of carboxylic acids is 1. The lowest BCUT2D eigenvalue weighted by Gasteiger charge is -2.11. The number of carboxylic acid groups (broad SMARTS) is 1. The number of ether oxygens (including phenoxy) is 1. The maximum atomic E-state index is 11.8. The smallest absolute Gasteiger partial charge is 0.334 e. The summed E-state index contributed by atoms with van der Waals surface area (Å²) in [6, 6.07) is 5.16. The van der Waals surface area contributed by atoms with Crippen LogP contribution in [0.3, 0.4) is 0 Å². The number of methoxy groups -OCH3 is 1. The second-order valence-corrected chi connectivity index (χ2v) is 4.59. The molecule has 0 aliphatic heterocycles. The lowest BCUT2D eigenvalue weighted by atomic mass is 10.1. The Balaban J connectivity index is 2.65. The molecule has 1 aromatic rings. The van der Waals surface area contributed by atoms with E-state index in [1.807, 2.05) is 6.92 Å². The number of benzene rings is 1. The molecule has 0 saturated carbocycles. The van der Waals surface area contributed by atoms with Crippen LogP contribution >= 0.6 is 15.9 Å². The topological polar surface area (TPSA) is 75.6 Å². The first-order chi connectivity index (χ1) is 8.45. The van der Waals surface area contributed by atoms with Gasteiger partial charge in [0.15, 0.2) is 6.10 Å². The van der Waals surface area contributed by atoms with Gasteiger partial charge in [0.25, 0.3) is 5.91 Å². The molecule has 1 amide bonds. The van der Waals surface area contributed by atoms with Crippen molar-refractivity contribution in [3.63, 3.8) is 0 Å². The van der Waals surface area contributed by atoms with Gasteiger partial charge in [-0.2, -0.15) is 0 Å². The number of aliphatic carboxylic acids is 1. The van der Waals surface area contributed by atoms with Crippen molar-refractivity contribution in [2.24, 2.45) is 0 Å². The van der Waals surface area contributed by atoms with Gasteiger partial charge in [0.1, 0.15) is 0 Å². The van der Waals surface area contributed by atoms with Crippen LogP contribution in [-0.2, 0) is 9.53 Å². The zero-order valence-corrected chi connectivity index (χ0v) is 11.7. The molecule has 0 bridgehead atoms. The van der Waals surface area contributed by atoms with Gasteiger partial charge in [-0.15, -0.1) is 0 Å². The average Bonchev–Trinajstić information content (AvgIpc) is 2.32. The first kappa shape index (κ1) is 14.7. The summed E-state index contributed by atoms with van der Waals surface area (Å²) < 4.78 is 5.64. The predicted molar refractivity (Wildman–Crippen MR) is 69.6 cm³/mol. The molecule has 1 atom stereocenters. The van der Waals surface area contributed by atoms with Gasteiger partial charge in [-0.3, -0.25) is 4.79 Å². The molecule has 0 aliphatic rings. The summed E-state index contributed by atoms with van der Waals surface area (Å²) in [7, 11) is 1.29. The molecule has 2 N–H and O–H groups in total. The lowest BCUT2D eigenvalue weighted by molar-refractivity contribution is -0.148. The van der Waals surface area contributed by atoms with Crippen LogP contribution < -0.4 is 5.32 Å². The summed E-state index contributed by atoms with van der Waals surface area (Å²) in [4.78, 5) is 22.5. The molecule has 1 unspecified atom stereocenters. The number of carbonyl (C=O) groups is 2. The number of hydrogen-bond donors (Lipinski definition) is 2. The van der Waals surface area contributed by atoms with Gasteiger partial charge in [-0.25, -0.2) is 4.79 Å². The van der Waals surface area contributed by atoms with E-state index in [-0.39, 0.29) is 12.5 Å². The van der Waals surface area contributed by atoms with Gasteiger partial charge in [0.2, 0.25) is 0 Å². The maximum absolute atomic E-state index is 11.8. The molecule has 1 rings (SSSR count). The van der Waals surface area contributed by atoms with Crippen molar-refractivity contribution < 1.29 is 19.4 Å². The number of carbonyl (C=O) groups excluding carboxylic acids is 1. The van der Waals surface area contributed by atoms with E-state index in [4.69, 9.17) is 9.84 Å². The highest BCUT2D eigenvalue weighted by atomic mass is 79.9. The van der Waals surface area contributed by atoms with E-state index in [0.29, 0.717) is 5.56 Å². The van der Waals surface area contributed by atoms with Crippen LogP contribution in [0, 0.1) is 6.92 Å². The third kappa shape index (κ3) is 3.82. The van der Waals surface area contributed by atoms with Crippen molar-refractivity contribution >= 4 is 27.8 Å². The Kier molecular flexibility index (Phi) is 5.30. The minimum Gasteiger partial charge on any atom is -0.479 e. The molecule has 1 aromatic carbocycles. The molecule has 0 aromatic heterocycles. The number of halogens is 1. The molecule has 0 spiro atoms. The SMILES string of the molecule is COC(CNC(=O)c1ccc(Br)c(C)c1)C(=O)O. The van der Waals surface area contributed by atoms with Gasteiger partial charge in [-0.05, 0) is 30.7 Å². The summed E-state index contributed by atoms with van der Waals surface area (Å²) in [5.74, 6) is -1.43. The minimum atomic E-state index is -1.11. The fourth-order valence-corrected chi connectivity index (χ4v) is 1.59. The van der Waals surface area contributed by atoms with Gasteiger partial charge in [0.05, 0.1) is 6.54 Å². The third-order valence-corrected chi connectivity index (χ3v) is 3.32. The molecule has 0 radical (unpaired) electrons. The molecule has 0 saturated heterocycles. The van der Waals surface area contributed by atoms with Crippen LogP contribution in [0.15, 0.2) is 22.7 Å². The number of rotatable bonds is 5. The molecular weight excluding hydrogens is 302 g/mol. The molecule has 5 nitrogen and oxygen atoms in total. The van der Waals surface area contributed by atoms with E-state index in [1.165, 1.54) is 7.11 Å². The van der Waals surface area contributed by atoms with Gasteiger partial charge in [0, 0.05) is 17.1 Å². The van der Waals surface area contributed by atoms with Crippen LogP contribution in [0.1, 0.15) is 15.9 Å². The second kappa shape index (κ2) is 6.51. The monoisotopic (exact) mass is 315 g/mol. The molecule has 18 heavy (non-hydrogen) atoms. The van der Waals surface area contributed by atoms with E-state index in [9.17, 15) is 9.59 Å². The minimum absolute atomic E-state index is 0.0697. The van der Waals surface area contributed by atoms with Gasteiger partial charge < -0.3 is 15.2 Å². The van der Waals surface area contributed by atoms with Gasteiger partial charge in [-0.1, -0.05) is 15.9 Å². The fourth-order valence-electron chi connectivity index (χ4n) is 1.34. The van der Waals surface area contributed by atoms with Gasteiger partial charge >= 0.3 is 5.97 Å². The van der Waals surface area contributed by atoms with Crippen molar-refractivity contribution in [2.45, 2.75) is 13.0 Å². The molecular formula is C12H14BrNO4. The Morgan fingerprint density at radius 3 is 2.67 bits per heavy atom. The quantitative estimate of drug-likeness (QED) is 0.865. The summed E-state index contributed by atoms with van der Waals surface area (Å²) in [5, 5.41) is 11.3. The molecule has 0 fully saturated rings. The van der Waals surface area contributed by atoms with Crippen LogP contribution in [0.25, 0.3) is 0 Å². The number of hydrogen-bond acceptors (Lipinski definition) is 3. The van der Waals surface area contributed by atoms with Crippen LogP contribution in [0.2, 0.25) is 0 Å². The Hall–Kier alpha value is -1.40. The Morgan fingerprint density at radius 2 is 2.17 bits per heavy atom. The Bertz CT molecular complexity index is 461. The zero-order chi connectivity index (χ0) is 13.7. The number of aryl methyl sites for hydroxylation is 1.